The zero-order valence-corrected chi connectivity index (χ0v) is 18.2. The number of hydrogen-bond donors (Lipinski definition) is 1. The van der Waals surface area contributed by atoms with Crippen LogP contribution < -0.4 is 10.1 Å². The minimum absolute atomic E-state index is 0.198. The molecule has 1 N–H and O–H groups in total. The Morgan fingerprint density at radius 1 is 1.06 bits per heavy atom. The number of nitrogens with one attached hydrogen (secondary N) is 1. The normalized spacial score (nSPS) is 21.6. The van der Waals surface area contributed by atoms with Crippen molar-refractivity contribution in [3.05, 3.63) is 53.3 Å². The van der Waals surface area contributed by atoms with Gasteiger partial charge in [-0.05, 0) is 61.1 Å². The Morgan fingerprint density at radius 2 is 1.88 bits per heavy atom. The summed E-state index contributed by atoms with van der Waals surface area (Å²) in [6, 6.07) is 10.3. The van der Waals surface area contributed by atoms with Gasteiger partial charge in [0.25, 0.3) is 5.91 Å². The van der Waals surface area contributed by atoms with Crippen LogP contribution in [0.15, 0.2) is 36.5 Å². The molecule has 1 unspecified atom stereocenters. The first-order valence-corrected chi connectivity index (χ1v) is 11.6. The van der Waals surface area contributed by atoms with E-state index in [9.17, 15) is 9.59 Å². The summed E-state index contributed by atoms with van der Waals surface area (Å²) in [5.41, 5.74) is 3.07. The number of carbonyl (C=O) groups excluding carboxylic acids is 2. The molecule has 7 nitrogen and oxygen atoms in total. The van der Waals surface area contributed by atoms with E-state index in [0.29, 0.717) is 24.5 Å². The Kier molecular flexibility index (Phi) is 6.08. The molecule has 1 aliphatic carbocycles. The minimum atomic E-state index is -0.294. The molecule has 32 heavy (non-hydrogen) atoms. The van der Waals surface area contributed by atoms with Gasteiger partial charge in [0, 0.05) is 31.6 Å². The largest absolute Gasteiger partial charge is 0.466 e. The van der Waals surface area contributed by atoms with Gasteiger partial charge in [-0.25, -0.2) is 4.98 Å². The number of benzene rings is 1. The number of carbonyl (C=O) groups is 2. The highest BCUT2D eigenvalue weighted by atomic mass is 16.5. The van der Waals surface area contributed by atoms with Crippen LogP contribution in [0.1, 0.15) is 53.7 Å². The van der Waals surface area contributed by atoms with Crippen molar-refractivity contribution in [2.24, 2.45) is 0 Å². The number of fused-ring (bicyclic) bond motifs is 1. The van der Waals surface area contributed by atoms with Gasteiger partial charge in [-0.1, -0.05) is 12.5 Å². The maximum Gasteiger partial charge on any atom is 0.307 e. The first-order valence-electron chi connectivity index (χ1n) is 11.6. The third-order valence-electron chi connectivity index (χ3n) is 6.79. The molecule has 3 aliphatic rings. The highest BCUT2D eigenvalue weighted by molar-refractivity contribution is 5.92. The van der Waals surface area contributed by atoms with Crippen molar-refractivity contribution in [2.75, 3.05) is 19.7 Å². The molecule has 0 bridgehead atoms. The summed E-state index contributed by atoms with van der Waals surface area (Å²) in [5, 5.41) is 2.85. The summed E-state index contributed by atoms with van der Waals surface area (Å²) in [6.07, 6.45) is 8.59. The Morgan fingerprint density at radius 3 is 2.59 bits per heavy atom. The molecule has 0 spiro atoms. The molecule has 1 atom stereocenters. The molecular weight excluding hydrogens is 406 g/mol. The molecule has 0 radical (unpaired) electrons. The van der Waals surface area contributed by atoms with Crippen molar-refractivity contribution in [3.8, 4) is 11.5 Å². The summed E-state index contributed by atoms with van der Waals surface area (Å²) in [6.45, 7) is 2.60. The average molecular weight is 436 g/mol. The van der Waals surface area contributed by atoms with Crippen LogP contribution in [0.25, 0.3) is 0 Å². The second kappa shape index (κ2) is 9.28. The lowest BCUT2D eigenvalue weighted by molar-refractivity contribution is -0.147. The van der Waals surface area contributed by atoms with Gasteiger partial charge in [-0.2, -0.15) is 0 Å². The Bertz CT molecular complexity index is 987. The van der Waals surface area contributed by atoms with E-state index in [4.69, 9.17) is 9.47 Å². The molecular formula is C25H29N3O4. The third kappa shape index (κ3) is 4.78. The van der Waals surface area contributed by atoms with Crippen LogP contribution >= 0.6 is 0 Å². The van der Waals surface area contributed by atoms with Crippen LogP contribution in [-0.2, 0) is 22.4 Å². The number of esters is 1. The maximum atomic E-state index is 12.4. The SMILES string of the molecule is O=C1CC(NC(=O)c2ccc(Oc3ccc4c(c3)CCN(C3CCC3)CC4)cn2)CCO1. The predicted molar refractivity (Wildman–Crippen MR) is 119 cm³/mol. The standard InChI is InChI=1S/C25H29N3O4/c29-24-15-19(10-13-31-24)27-25(30)23-7-6-22(16-26-23)32-21-5-4-17-8-11-28(20-2-1-3-20)12-9-18(17)14-21/h4-7,14,16,19-20H,1-3,8-13,15H2,(H,27,30). The van der Waals surface area contributed by atoms with Crippen LogP contribution in [0.5, 0.6) is 11.5 Å². The van der Waals surface area contributed by atoms with Gasteiger partial charge < -0.3 is 14.8 Å². The second-order valence-corrected chi connectivity index (χ2v) is 8.92. The highest BCUT2D eigenvalue weighted by Gasteiger charge is 2.26. The zero-order valence-electron chi connectivity index (χ0n) is 18.2. The number of pyridine rings is 1. The lowest BCUT2D eigenvalue weighted by atomic mass is 9.91. The first-order chi connectivity index (χ1) is 15.6. The fourth-order valence-electron chi connectivity index (χ4n) is 4.67. The molecule has 7 heteroatoms. The van der Waals surface area contributed by atoms with Crippen LogP contribution in [0.3, 0.4) is 0 Å². The summed E-state index contributed by atoms with van der Waals surface area (Å²) in [5.74, 6) is 0.806. The molecule has 1 saturated heterocycles. The predicted octanol–water partition coefficient (Wildman–Crippen LogP) is 3.26. The summed E-state index contributed by atoms with van der Waals surface area (Å²) in [7, 11) is 0. The lowest BCUT2D eigenvalue weighted by Crippen LogP contribution is -2.41. The molecule has 168 valence electrons. The number of aromatic nitrogens is 1. The fraction of sp³-hybridized carbons (Fsp3) is 0.480. The smallest absolute Gasteiger partial charge is 0.307 e. The molecule has 1 saturated carbocycles. The molecule has 2 aliphatic heterocycles. The molecule has 2 aromatic rings. The number of hydrogen-bond acceptors (Lipinski definition) is 6. The zero-order chi connectivity index (χ0) is 21.9. The molecule has 1 aromatic carbocycles. The topological polar surface area (TPSA) is 80.8 Å². The van der Waals surface area contributed by atoms with Gasteiger partial charge >= 0.3 is 5.97 Å². The van der Waals surface area contributed by atoms with Crippen molar-refractivity contribution in [2.45, 2.75) is 57.0 Å². The van der Waals surface area contributed by atoms with Crippen molar-refractivity contribution >= 4 is 11.9 Å². The van der Waals surface area contributed by atoms with E-state index in [1.165, 1.54) is 30.4 Å². The van der Waals surface area contributed by atoms with Gasteiger partial charge in [0.2, 0.25) is 0 Å². The number of ether oxygens (including phenoxy) is 2. The van der Waals surface area contributed by atoms with Crippen molar-refractivity contribution < 1.29 is 19.1 Å². The summed E-state index contributed by atoms with van der Waals surface area (Å²) >= 11 is 0. The van der Waals surface area contributed by atoms with Gasteiger partial charge in [0.1, 0.15) is 17.2 Å². The minimum Gasteiger partial charge on any atom is -0.466 e. The molecule has 1 aromatic heterocycles. The van der Waals surface area contributed by atoms with E-state index in [-0.39, 0.29) is 24.3 Å². The van der Waals surface area contributed by atoms with Crippen LogP contribution in [0, 0.1) is 0 Å². The number of rotatable bonds is 5. The third-order valence-corrected chi connectivity index (χ3v) is 6.79. The summed E-state index contributed by atoms with van der Waals surface area (Å²) < 4.78 is 10.9. The van der Waals surface area contributed by atoms with Gasteiger partial charge in [-0.3, -0.25) is 14.5 Å². The molecule has 2 fully saturated rings. The average Bonchev–Trinajstić information content (AvgIpc) is 2.96. The quantitative estimate of drug-likeness (QED) is 0.726. The van der Waals surface area contributed by atoms with Crippen LogP contribution in [0.4, 0.5) is 0 Å². The second-order valence-electron chi connectivity index (χ2n) is 8.92. The van der Waals surface area contributed by atoms with Crippen molar-refractivity contribution in [1.29, 1.82) is 0 Å². The van der Waals surface area contributed by atoms with Gasteiger partial charge in [-0.15, -0.1) is 0 Å². The van der Waals surface area contributed by atoms with Gasteiger partial charge in [0.05, 0.1) is 19.2 Å². The first kappa shape index (κ1) is 20.9. The molecule has 3 heterocycles. The van der Waals surface area contributed by atoms with Crippen LogP contribution in [-0.4, -0.2) is 53.5 Å². The van der Waals surface area contributed by atoms with Crippen molar-refractivity contribution in [3.63, 3.8) is 0 Å². The molecule has 1 amide bonds. The molecule has 5 rings (SSSR count). The number of nitrogens with zero attached hydrogens (tertiary/aromatic N) is 2. The monoisotopic (exact) mass is 435 g/mol. The Labute approximate surface area is 188 Å². The van der Waals surface area contributed by atoms with E-state index in [1.807, 2.05) is 6.07 Å². The Hall–Kier alpha value is -2.93. The van der Waals surface area contributed by atoms with E-state index in [0.717, 1.165) is 37.7 Å². The number of cyclic esters (lactones) is 1. The maximum absolute atomic E-state index is 12.4. The highest BCUT2D eigenvalue weighted by Crippen LogP contribution is 2.29. The lowest BCUT2D eigenvalue weighted by Gasteiger charge is -2.36. The fourth-order valence-corrected chi connectivity index (χ4v) is 4.67. The van der Waals surface area contributed by atoms with E-state index in [1.54, 1.807) is 18.3 Å². The Balaban J connectivity index is 1.19. The number of amides is 1. The van der Waals surface area contributed by atoms with E-state index < -0.39 is 0 Å². The van der Waals surface area contributed by atoms with Crippen molar-refractivity contribution in [1.82, 2.24) is 15.2 Å². The van der Waals surface area contributed by atoms with Crippen LogP contribution in [0.2, 0.25) is 0 Å². The van der Waals surface area contributed by atoms with E-state index in [2.05, 4.69) is 27.3 Å². The summed E-state index contributed by atoms with van der Waals surface area (Å²) in [4.78, 5) is 30.7. The van der Waals surface area contributed by atoms with E-state index >= 15 is 0 Å². The van der Waals surface area contributed by atoms with Gasteiger partial charge in [0.15, 0.2) is 0 Å².